The Bertz CT molecular complexity index is 1410. The molecule has 3 aromatic heterocycles. The number of anilines is 2. The lowest BCUT2D eigenvalue weighted by Crippen LogP contribution is -2.43. The third-order valence-electron chi connectivity index (χ3n) is 6.79. The van der Waals surface area contributed by atoms with Crippen molar-refractivity contribution in [2.75, 3.05) is 23.8 Å². The molecule has 196 valence electrons. The molecule has 0 bridgehead atoms. The van der Waals surface area contributed by atoms with Crippen molar-refractivity contribution in [1.82, 2.24) is 19.7 Å². The van der Waals surface area contributed by atoms with Gasteiger partial charge >= 0.3 is 0 Å². The quantitative estimate of drug-likeness (QED) is 0.452. The highest BCUT2D eigenvalue weighted by molar-refractivity contribution is 7.90. The molecule has 0 aromatic carbocycles. The van der Waals surface area contributed by atoms with Gasteiger partial charge in [0.2, 0.25) is 5.88 Å². The number of amides is 1. The number of nitrogens with zero attached hydrogens (tertiary/aromatic N) is 4. The van der Waals surface area contributed by atoms with E-state index in [2.05, 4.69) is 40.4 Å². The van der Waals surface area contributed by atoms with Gasteiger partial charge in [-0.05, 0) is 62.9 Å². The number of pyridine rings is 3. The number of aromatic nitrogens is 3. The fourth-order valence-corrected chi connectivity index (χ4v) is 5.21. The van der Waals surface area contributed by atoms with Crippen molar-refractivity contribution in [3.63, 3.8) is 0 Å². The number of sulfonamides is 1. The highest BCUT2D eigenvalue weighted by atomic mass is 32.2. The number of carbonyl (C=O) groups excluding carboxylic acids is 1. The van der Waals surface area contributed by atoms with Gasteiger partial charge in [0.1, 0.15) is 11.6 Å². The van der Waals surface area contributed by atoms with Crippen molar-refractivity contribution in [3.8, 4) is 17.1 Å². The summed E-state index contributed by atoms with van der Waals surface area (Å²) in [5.74, 6) is 0.474. The zero-order chi connectivity index (χ0) is 26.8. The Kier molecular flexibility index (Phi) is 7.35. The van der Waals surface area contributed by atoms with Crippen LogP contribution in [0.3, 0.4) is 0 Å². The average molecular weight is 525 g/mol. The van der Waals surface area contributed by atoms with Crippen molar-refractivity contribution in [2.24, 2.45) is 5.92 Å². The summed E-state index contributed by atoms with van der Waals surface area (Å²) in [7, 11) is -4.25. The number of nitrogen functional groups attached to an aromatic ring is 1. The number of hydrogen-bond donors (Lipinski definition) is 2. The van der Waals surface area contributed by atoms with Crippen molar-refractivity contribution in [3.05, 3.63) is 54.2 Å². The zero-order valence-electron chi connectivity index (χ0n) is 21.4. The van der Waals surface area contributed by atoms with Gasteiger partial charge in [-0.2, -0.15) is 8.42 Å². The van der Waals surface area contributed by atoms with Crippen LogP contribution in [0.4, 0.5) is 11.6 Å². The van der Waals surface area contributed by atoms with E-state index in [0.717, 1.165) is 18.4 Å². The van der Waals surface area contributed by atoms with Crippen molar-refractivity contribution in [2.45, 2.75) is 51.1 Å². The second kappa shape index (κ2) is 10.3. The van der Waals surface area contributed by atoms with E-state index in [1.54, 1.807) is 24.4 Å². The van der Waals surface area contributed by atoms with E-state index in [9.17, 15) is 13.2 Å². The molecular weight excluding hydrogens is 492 g/mol. The summed E-state index contributed by atoms with van der Waals surface area (Å²) in [4.78, 5) is 28.4. The minimum atomic E-state index is -4.25. The molecule has 4 rings (SSSR count). The predicted molar refractivity (Wildman–Crippen MR) is 142 cm³/mol. The van der Waals surface area contributed by atoms with E-state index in [0.29, 0.717) is 36.5 Å². The molecule has 0 aliphatic carbocycles. The monoisotopic (exact) mass is 524 g/mol. The summed E-state index contributed by atoms with van der Waals surface area (Å²) >= 11 is 0. The fraction of sp³-hybridized carbons (Fsp3) is 0.385. The molecule has 37 heavy (non-hydrogen) atoms. The Morgan fingerprint density at radius 1 is 1.22 bits per heavy atom. The van der Waals surface area contributed by atoms with Crippen LogP contribution in [-0.2, 0) is 10.0 Å². The van der Waals surface area contributed by atoms with Gasteiger partial charge in [-0.1, -0.05) is 19.9 Å². The van der Waals surface area contributed by atoms with Gasteiger partial charge < -0.3 is 15.4 Å². The molecule has 1 aliphatic rings. The lowest BCUT2D eigenvalue weighted by atomic mass is 9.90. The summed E-state index contributed by atoms with van der Waals surface area (Å²) in [6.45, 7) is 9.58. The Labute approximate surface area is 217 Å². The average Bonchev–Trinajstić information content (AvgIpc) is 3.14. The molecular formula is C26H32N6O4S. The van der Waals surface area contributed by atoms with Crippen LogP contribution in [0, 0.1) is 5.92 Å². The van der Waals surface area contributed by atoms with Crippen molar-refractivity contribution in [1.29, 1.82) is 0 Å². The van der Waals surface area contributed by atoms with E-state index in [-0.39, 0.29) is 21.9 Å². The number of carbonyl (C=O) groups is 1. The van der Waals surface area contributed by atoms with E-state index >= 15 is 0 Å². The van der Waals surface area contributed by atoms with Gasteiger partial charge in [-0.3, -0.25) is 4.79 Å². The summed E-state index contributed by atoms with van der Waals surface area (Å²) < 4.78 is 33.6. The number of hydrogen-bond acceptors (Lipinski definition) is 9. The van der Waals surface area contributed by atoms with E-state index in [1.807, 2.05) is 13.0 Å². The molecule has 1 aliphatic heterocycles. The molecule has 0 radical (unpaired) electrons. The molecule has 11 heteroatoms. The van der Waals surface area contributed by atoms with E-state index in [1.165, 1.54) is 18.2 Å². The van der Waals surface area contributed by atoms with E-state index in [4.69, 9.17) is 15.5 Å². The van der Waals surface area contributed by atoms with Crippen LogP contribution in [0.5, 0.6) is 5.88 Å². The van der Waals surface area contributed by atoms with Crippen LogP contribution in [-0.4, -0.2) is 48.0 Å². The van der Waals surface area contributed by atoms with Gasteiger partial charge in [0.25, 0.3) is 15.9 Å². The van der Waals surface area contributed by atoms with Gasteiger partial charge in [0, 0.05) is 29.9 Å². The highest BCUT2D eigenvalue weighted by Crippen LogP contribution is 2.39. The van der Waals surface area contributed by atoms with Crippen LogP contribution in [0.1, 0.15) is 50.9 Å². The minimum absolute atomic E-state index is 0.0365. The van der Waals surface area contributed by atoms with Crippen LogP contribution in [0.2, 0.25) is 0 Å². The normalized spacial score (nSPS) is 17.0. The first kappa shape index (κ1) is 26.3. The van der Waals surface area contributed by atoms with Crippen LogP contribution in [0.15, 0.2) is 53.7 Å². The third kappa shape index (κ3) is 5.51. The number of ether oxygens (including phenoxy) is 1. The van der Waals surface area contributed by atoms with Crippen LogP contribution >= 0.6 is 0 Å². The summed E-state index contributed by atoms with van der Waals surface area (Å²) in [5, 5.41) is -0.335. The predicted octanol–water partition coefficient (Wildman–Crippen LogP) is 3.65. The Morgan fingerprint density at radius 2 is 2.00 bits per heavy atom. The van der Waals surface area contributed by atoms with Crippen LogP contribution in [0.25, 0.3) is 11.3 Å². The Morgan fingerprint density at radius 3 is 2.68 bits per heavy atom. The molecule has 1 fully saturated rings. The molecule has 1 saturated heterocycles. The van der Waals surface area contributed by atoms with Gasteiger partial charge in [0.05, 0.1) is 17.9 Å². The molecule has 3 aromatic rings. The van der Waals surface area contributed by atoms with E-state index < -0.39 is 15.9 Å². The lowest BCUT2D eigenvalue weighted by Gasteiger charge is -2.36. The van der Waals surface area contributed by atoms with Gasteiger partial charge in [-0.15, -0.1) is 0 Å². The molecule has 3 N–H and O–H groups in total. The lowest BCUT2D eigenvalue weighted by molar-refractivity contribution is 0.0981. The molecule has 1 amide bonds. The molecule has 1 unspecified atom stereocenters. The van der Waals surface area contributed by atoms with Gasteiger partial charge in [-0.25, -0.2) is 19.7 Å². The number of nitrogens with two attached hydrogens (primary N) is 1. The maximum Gasteiger partial charge on any atom is 0.281 e. The largest absolute Gasteiger partial charge is 0.478 e. The first-order valence-corrected chi connectivity index (χ1v) is 13.7. The Hall–Kier alpha value is -3.73. The summed E-state index contributed by atoms with van der Waals surface area (Å²) in [6.07, 6.45) is 3.42. The second-order valence-electron chi connectivity index (χ2n) is 9.63. The van der Waals surface area contributed by atoms with Crippen molar-refractivity contribution >= 4 is 27.6 Å². The minimum Gasteiger partial charge on any atom is -0.478 e. The molecule has 0 spiro atoms. The highest BCUT2D eigenvalue weighted by Gasteiger charge is 2.41. The Balaban J connectivity index is 1.75. The molecule has 10 nitrogen and oxygen atoms in total. The topological polar surface area (TPSA) is 140 Å². The molecule has 4 heterocycles. The summed E-state index contributed by atoms with van der Waals surface area (Å²) in [6, 6.07) is 11.1. The third-order valence-corrected chi connectivity index (χ3v) is 8.03. The second-order valence-corrected chi connectivity index (χ2v) is 11.3. The maximum absolute atomic E-state index is 13.4. The summed E-state index contributed by atoms with van der Waals surface area (Å²) in [5.41, 5.74) is 6.87. The van der Waals surface area contributed by atoms with Gasteiger partial charge in [0.15, 0.2) is 5.03 Å². The SMILES string of the molecule is CCCOc1cc(-c2ccc(C(=O)NS(=O)(=O)c3cccc(N)n3)c(N3CCC(C)C3(C)C)n2)ccn1. The smallest absolute Gasteiger partial charge is 0.281 e. The first-order valence-electron chi connectivity index (χ1n) is 12.2. The first-order chi connectivity index (χ1) is 17.5. The molecule has 0 saturated carbocycles. The zero-order valence-corrected chi connectivity index (χ0v) is 22.2. The van der Waals surface area contributed by atoms with Crippen LogP contribution < -0.4 is 20.1 Å². The fourth-order valence-electron chi connectivity index (χ4n) is 4.27. The molecule has 1 atom stereocenters. The number of nitrogens with one attached hydrogen (secondary N) is 1. The standard InChI is InChI=1S/C26H32N6O4S/c1-5-15-36-22-16-18(11-13-28-22)20-10-9-19(24(29-20)32-14-12-17(2)26(32,3)4)25(33)31-37(34,35)23-8-6-7-21(27)30-23/h6-11,13,16-17H,5,12,14-15H2,1-4H3,(H2,27,30)(H,31,33). The van der Waals surface area contributed by atoms with Crippen molar-refractivity contribution < 1.29 is 17.9 Å². The maximum atomic E-state index is 13.4. The number of rotatable bonds is 8.